The Kier molecular flexibility index (Phi) is 6.42. The molecule has 9 heteroatoms. The van der Waals surface area contributed by atoms with Crippen molar-refractivity contribution in [3.63, 3.8) is 0 Å². The zero-order valence-corrected chi connectivity index (χ0v) is 14.0. The molecule has 1 aromatic carbocycles. The van der Waals surface area contributed by atoms with E-state index in [4.69, 9.17) is 4.74 Å². The van der Waals surface area contributed by atoms with Crippen LogP contribution in [-0.2, 0) is 6.42 Å². The van der Waals surface area contributed by atoms with Crippen LogP contribution in [0.15, 0.2) is 18.2 Å². The summed E-state index contributed by atoms with van der Waals surface area (Å²) in [6.07, 6.45) is 2.78. The summed E-state index contributed by atoms with van der Waals surface area (Å²) >= 11 is 1.25. The van der Waals surface area contributed by atoms with Crippen LogP contribution < -0.4 is 14.8 Å². The van der Waals surface area contributed by atoms with E-state index in [1.165, 1.54) is 36.6 Å². The normalized spacial score (nSPS) is 10.7. The minimum atomic E-state index is -3.07. The highest BCUT2D eigenvalue weighted by Crippen LogP contribution is 2.33. The number of carbonyl (C=O) groups is 1. The molecule has 0 saturated carbocycles. The van der Waals surface area contributed by atoms with E-state index in [0.29, 0.717) is 5.13 Å². The molecule has 6 nitrogen and oxygen atoms in total. The molecule has 1 amide bonds. The number of hydrogen-bond donors (Lipinski definition) is 1. The predicted octanol–water partition coefficient (Wildman–Crippen LogP) is 3.74. The molecule has 1 aromatic heterocycles. The van der Waals surface area contributed by atoms with Crippen LogP contribution in [-0.4, -0.2) is 29.8 Å². The van der Waals surface area contributed by atoms with Gasteiger partial charge in [0.1, 0.15) is 5.01 Å². The molecule has 130 valence electrons. The quantitative estimate of drug-likeness (QED) is 0.779. The lowest BCUT2D eigenvalue weighted by atomic mass is 10.1. The summed E-state index contributed by atoms with van der Waals surface area (Å²) in [5.41, 5.74) is -0.0695. The topological polar surface area (TPSA) is 73.3 Å². The van der Waals surface area contributed by atoms with Crippen molar-refractivity contribution in [1.82, 2.24) is 10.2 Å². The highest BCUT2D eigenvalue weighted by atomic mass is 32.1. The number of methoxy groups -OCH3 is 1. The molecule has 0 saturated heterocycles. The van der Waals surface area contributed by atoms with Crippen molar-refractivity contribution in [3.8, 4) is 11.5 Å². The van der Waals surface area contributed by atoms with Crippen molar-refractivity contribution in [1.29, 1.82) is 0 Å². The fourth-order valence-corrected chi connectivity index (χ4v) is 2.74. The second kappa shape index (κ2) is 8.53. The fraction of sp³-hybridized carbons (Fsp3) is 0.400. The Bertz CT molecular complexity index is 694. The molecule has 0 fully saturated rings. The Hall–Kier alpha value is -2.29. The van der Waals surface area contributed by atoms with Crippen LogP contribution in [0.1, 0.15) is 35.1 Å². The minimum Gasteiger partial charge on any atom is -0.493 e. The number of carbonyl (C=O) groups excluding carboxylic acids is 1. The largest absolute Gasteiger partial charge is 0.493 e. The molecule has 0 unspecified atom stereocenters. The highest BCUT2D eigenvalue weighted by molar-refractivity contribution is 7.15. The maximum Gasteiger partial charge on any atom is 0.387 e. The minimum absolute atomic E-state index is 0.0452. The van der Waals surface area contributed by atoms with Gasteiger partial charge >= 0.3 is 6.61 Å². The van der Waals surface area contributed by atoms with Crippen molar-refractivity contribution in [2.24, 2.45) is 0 Å². The number of rotatable bonds is 8. The molecule has 24 heavy (non-hydrogen) atoms. The zero-order chi connectivity index (χ0) is 17.5. The van der Waals surface area contributed by atoms with Crippen LogP contribution in [0.4, 0.5) is 13.9 Å². The number of ether oxygens (including phenoxy) is 2. The number of aryl methyl sites for hydroxylation is 1. The van der Waals surface area contributed by atoms with E-state index >= 15 is 0 Å². The van der Waals surface area contributed by atoms with Crippen molar-refractivity contribution >= 4 is 22.4 Å². The third kappa shape index (κ3) is 4.60. The van der Waals surface area contributed by atoms with Gasteiger partial charge in [-0.15, -0.1) is 10.2 Å². The van der Waals surface area contributed by atoms with Crippen LogP contribution in [0, 0.1) is 0 Å². The number of anilines is 1. The smallest absolute Gasteiger partial charge is 0.387 e. The van der Waals surface area contributed by atoms with Crippen LogP contribution in [0.25, 0.3) is 0 Å². The Labute approximate surface area is 141 Å². The van der Waals surface area contributed by atoms with Crippen LogP contribution >= 0.6 is 11.3 Å². The van der Waals surface area contributed by atoms with Crippen molar-refractivity contribution < 1.29 is 23.0 Å². The van der Waals surface area contributed by atoms with E-state index in [0.717, 1.165) is 24.3 Å². The first-order valence-corrected chi connectivity index (χ1v) is 8.12. The average molecular weight is 357 g/mol. The molecule has 2 rings (SSSR count). The molecule has 0 atom stereocenters. The number of unbranched alkanes of at least 4 members (excludes halogenated alkanes) is 1. The summed E-state index contributed by atoms with van der Waals surface area (Å²) in [5, 5.41) is 11.5. The third-order valence-corrected chi connectivity index (χ3v) is 3.98. The molecule has 1 heterocycles. The zero-order valence-electron chi connectivity index (χ0n) is 13.2. The van der Waals surface area contributed by atoms with E-state index in [-0.39, 0.29) is 17.1 Å². The summed E-state index contributed by atoms with van der Waals surface area (Å²) in [6, 6.07) is 4.32. The Balaban J connectivity index is 2.18. The summed E-state index contributed by atoms with van der Waals surface area (Å²) in [5.74, 6) is -0.894. The molecule has 0 aliphatic heterocycles. The van der Waals surface area contributed by atoms with Gasteiger partial charge in [-0.1, -0.05) is 30.7 Å². The number of nitrogens with one attached hydrogen (secondary N) is 1. The van der Waals surface area contributed by atoms with Crippen molar-refractivity contribution in [2.75, 3.05) is 12.4 Å². The Morgan fingerprint density at radius 3 is 2.83 bits per heavy atom. The van der Waals surface area contributed by atoms with E-state index in [2.05, 4.69) is 27.2 Å². The number of para-hydroxylation sites is 1. The molecular formula is C15H17F2N3O3S. The molecule has 0 spiro atoms. The van der Waals surface area contributed by atoms with Crippen molar-refractivity contribution in [2.45, 2.75) is 32.8 Å². The molecular weight excluding hydrogens is 340 g/mol. The van der Waals surface area contributed by atoms with E-state index < -0.39 is 12.5 Å². The molecule has 2 aromatic rings. The van der Waals surface area contributed by atoms with Gasteiger partial charge in [0.25, 0.3) is 5.91 Å². The summed E-state index contributed by atoms with van der Waals surface area (Å²) < 4.78 is 34.6. The highest BCUT2D eigenvalue weighted by Gasteiger charge is 2.21. The first-order chi connectivity index (χ1) is 11.5. The summed E-state index contributed by atoms with van der Waals surface area (Å²) in [7, 11) is 1.31. The SMILES string of the molecule is CCCCc1nnc(NC(=O)c2cccc(OC)c2OC(F)F)s1. The van der Waals surface area contributed by atoms with Gasteiger partial charge in [0.15, 0.2) is 11.5 Å². The molecule has 0 aliphatic carbocycles. The lowest BCUT2D eigenvalue weighted by Gasteiger charge is -2.13. The molecule has 0 aliphatic rings. The summed E-state index contributed by atoms with van der Waals surface area (Å²) in [4.78, 5) is 12.4. The number of nitrogens with zero attached hydrogens (tertiary/aromatic N) is 2. The third-order valence-electron chi connectivity index (χ3n) is 3.08. The maximum absolute atomic E-state index is 12.6. The van der Waals surface area contributed by atoms with Crippen LogP contribution in [0.2, 0.25) is 0 Å². The fourth-order valence-electron chi connectivity index (χ4n) is 1.96. The maximum atomic E-state index is 12.6. The van der Waals surface area contributed by atoms with Crippen LogP contribution in [0.3, 0.4) is 0 Å². The summed E-state index contributed by atoms with van der Waals surface area (Å²) in [6.45, 7) is -1.01. The molecule has 0 radical (unpaired) electrons. The average Bonchev–Trinajstić information content (AvgIpc) is 2.99. The Morgan fingerprint density at radius 2 is 2.17 bits per heavy atom. The number of amides is 1. The molecule has 1 N–H and O–H groups in total. The number of alkyl halides is 2. The Morgan fingerprint density at radius 1 is 1.38 bits per heavy atom. The monoisotopic (exact) mass is 357 g/mol. The van der Waals surface area contributed by atoms with Gasteiger partial charge in [-0.2, -0.15) is 8.78 Å². The van der Waals surface area contributed by atoms with Crippen molar-refractivity contribution in [3.05, 3.63) is 28.8 Å². The van der Waals surface area contributed by atoms with E-state index in [1.54, 1.807) is 0 Å². The van der Waals surface area contributed by atoms with E-state index in [9.17, 15) is 13.6 Å². The first kappa shape index (κ1) is 18.1. The van der Waals surface area contributed by atoms with Gasteiger partial charge in [0.2, 0.25) is 5.13 Å². The number of hydrogen-bond acceptors (Lipinski definition) is 6. The molecule has 0 bridgehead atoms. The van der Waals surface area contributed by atoms with Gasteiger partial charge in [-0.3, -0.25) is 10.1 Å². The second-order valence-electron chi connectivity index (χ2n) is 4.77. The lowest BCUT2D eigenvalue weighted by Crippen LogP contribution is -2.15. The standard InChI is InChI=1S/C15H17F2N3O3S/c1-3-4-8-11-19-20-15(24-11)18-13(21)9-6-5-7-10(22-2)12(9)23-14(16)17/h5-7,14H,3-4,8H2,1-2H3,(H,18,20,21). The van der Waals surface area contributed by atoms with Gasteiger partial charge in [-0.25, -0.2) is 0 Å². The number of halogens is 2. The first-order valence-electron chi connectivity index (χ1n) is 7.30. The number of aromatic nitrogens is 2. The van der Waals surface area contributed by atoms with Gasteiger partial charge < -0.3 is 9.47 Å². The van der Waals surface area contributed by atoms with Crippen LogP contribution in [0.5, 0.6) is 11.5 Å². The van der Waals surface area contributed by atoms with E-state index in [1.807, 2.05) is 0 Å². The van der Waals surface area contributed by atoms with Gasteiger partial charge in [0.05, 0.1) is 12.7 Å². The lowest BCUT2D eigenvalue weighted by molar-refractivity contribution is -0.0515. The predicted molar refractivity (Wildman–Crippen MR) is 86.1 cm³/mol. The number of benzene rings is 1. The van der Waals surface area contributed by atoms with Gasteiger partial charge in [0, 0.05) is 6.42 Å². The second-order valence-corrected chi connectivity index (χ2v) is 5.84. The van der Waals surface area contributed by atoms with Gasteiger partial charge in [-0.05, 0) is 18.6 Å².